The maximum atomic E-state index is 13.9. The van der Waals surface area contributed by atoms with Crippen LogP contribution in [0, 0.1) is 0 Å². The van der Waals surface area contributed by atoms with Crippen molar-refractivity contribution >= 4 is 5.91 Å². The standard InChI is InChI=1S/C30H32N2O3/c33-25-10-13-27-24(20-25)21-30(14-15-30)32(29(34)23-6-2-1-3-7-23)28(27)22-8-11-26(12-9-22)35-19-18-31-16-4-5-17-31/h1-3,6-13,20,28,33H,4-5,14-19,21H2. The Morgan fingerprint density at radius 1 is 0.971 bits per heavy atom. The van der Waals surface area contributed by atoms with Crippen molar-refractivity contribution in [2.45, 2.75) is 43.7 Å². The molecular weight excluding hydrogens is 436 g/mol. The topological polar surface area (TPSA) is 53.0 Å². The van der Waals surface area contributed by atoms with Crippen LogP contribution in [0.2, 0.25) is 0 Å². The molecule has 1 saturated heterocycles. The Morgan fingerprint density at radius 3 is 2.43 bits per heavy atom. The number of ether oxygens (including phenoxy) is 1. The van der Waals surface area contributed by atoms with Crippen molar-refractivity contribution in [2.75, 3.05) is 26.2 Å². The number of carbonyl (C=O) groups is 1. The third kappa shape index (κ3) is 4.30. The molecule has 1 amide bonds. The lowest BCUT2D eigenvalue weighted by molar-refractivity contribution is 0.0541. The summed E-state index contributed by atoms with van der Waals surface area (Å²) in [7, 11) is 0. The number of carbonyl (C=O) groups excluding carboxylic acids is 1. The summed E-state index contributed by atoms with van der Waals surface area (Å²) in [4.78, 5) is 18.5. The van der Waals surface area contributed by atoms with E-state index in [9.17, 15) is 9.90 Å². The second-order valence-electron chi connectivity index (χ2n) is 10.2. The highest BCUT2D eigenvalue weighted by Gasteiger charge is 2.56. The molecule has 0 aromatic heterocycles. The first-order valence-corrected chi connectivity index (χ1v) is 12.8. The summed E-state index contributed by atoms with van der Waals surface area (Å²) < 4.78 is 6.04. The minimum Gasteiger partial charge on any atom is -0.508 e. The molecule has 180 valence electrons. The number of amides is 1. The van der Waals surface area contributed by atoms with E-state index in [1.54, 1.807) is 6.07 Å². The molecule has 5 heteroatoms. The van der Waals surface area contributed by atoms with Gasteiger partial charge in [0, 0.05) is 17.6 Å². The van der Waals surface area contributed by atoms with Crippen LogP contribution in [-0.2, 0) is 6.42 Å². The SMILES string of the molecule is O=C(c1ccccc1)N1C(c2ccc(OCCN3CCCC3)cc2)c2ccc(O)cc2CC12CC2. The number of hydrogen-bond donors (Lipinski definition) is 1. The van der Waals surface area contributed by atoms with Crippen molar-refractivity contribution < 1.29 is 14.6 Å². The Morgan fingerprint density at radius 2 is 1.71 bits per heavy atom. The molecule has 3 aromatic carbocycles. The first-order chi connectivity index (χ1) is 17.1. The molecule has 2 aliphatic heterocycles. The molecule has 35 heavy (non-hydrogen) atoms. The van der Waals surface area contributed by atoms with E-state index in [1.807, 2.05) is 54.6 Å². The van der Waals surface area contributed by atoms with E-state index in [1.165, 1.54) is 25.9 Å². The third-order valence-electron chi connectivity index (χ3n) is 7.85. The van der Waals surface area contributed by atoms with Crippen LogP contribution in [-0.4, -0.2) is 52.6 Å². The van der Waals surface area contributed by atoms with Crippen molar-refractivity contribution in [1.82, 2.24) is 9.80 Å². The molecule has 2 fully saturated rings. The summed E-state index contributed by atoms with van der Waals surface area (Å²) in [5.41, 5.74) is 3.82. The first kappa shape index (κ1) is 22.2. The van der Waals surface area contributed by atoms with Crippen molar-refractivity contribution in [1.29, 1.82) is 0 Å². The molecule has 3 aliphatic rings. The summed E-state index contributed by atoms with van der Waals surface area (Å²) in [5, 5.41) is 10.2. The molecule has 3 aromatic rings. The molecule has 2 heterocycles. The lowest BCUT2D eigenvalue weighted by atomic mass is 9.82. The largest absolute Gasteiger partial charge is 0.508 e. The maximum absolute atomic E-state index is 13.9. The Bertz CT molecular complexity index is 1200. The van der Waals surface area contributed by atoms with Gasteiger partial charge < -0.3 is 14.7 Å². The normalized spacial score (nSPS) is 20.6. The number of likely N-dealkylation sites (tertiary alicyclic amines) is 1. The van der Waals surface area contributed by atoms with Gasteiger partial charge in [0.05, 0.1) is 6.04 Å². The highest BCUT2D eigenvalue weighted by Crippen LogP contribution is 2.55. The average molecular weight is 469 g/mol. The van der Waals surface area contributed by atoms with Gasteiger partial charge in [0.1, 0.15) is 18.1 Å². The monoisotopic (exact) mass is 468 g/mol. The van der Waals surface area contributed by atoms with Crippen molar-refractivity contribution in [3.63, 3.8) is 0 Å². The van der Waals surface area contributed by atoms with Crippen LogP contribution in [0.3, 0.4) is 0 Å². The van der Waals surface area contributed by atoms with Crippen LogP contribution < -0.4 is 4.74 Å². The van der Waals surface area contributed by atoms with E-state index >= 15 is 0 Å². The van der Waals surface area contributed by atoms with Crippen LogP contribution >= 0.6 is 0 Å². The van der Waals surface area contributed by atoms with Gasteiger partial charge in [-0.1, -0.05) is 36.4 Å². The lowest BCUT2D eigenvalue weighted by Crippen LogP contribution is -2.49. The molecule has 0 radical (unpaired) electrons. The van der Waals surface area contributed by atoms with Gasteiger partial charge in [0.15, 0.2) is 0 Å². The zero-order chi connectivity index (χ0) is 23.8. The number of nitrogens with zero attached hydrogens (tertiary/aromatic N) is 2. The number of rotatable bonds is 6. The Kier molecular flexibility index (Phi) is 5.73. The predicted octanol–water partition coefficient (Wildman–Crippen LogP) is 5.19. The number of fused-ring (bicyclic) bond motifs is 1. The number of aromatic hydroxyl groups is 1. The molecule has 1 N–H and O–H groups in total. The zero-order valence-corrected chi connectivity index (χ0v) is 20.0. The van der Waals surface area contributed by atoms with Gasteiger partial charge in [-0.15, -0.1) is 0 Å². The smallest absolute Gasteiger partial charge is 0.255 e. The van der Waals surface area contributed by atoms with Gasteiger partial charge in [-0.3, -0.25) is 9.69 Å². The Balaban J connectivity index is 1.31. The van der Waals surface area contributed by atoms with Gasteiger partial charge in [-0.05, 0) is 98.3 Å². The van der Waals surface area contributed by atoms with E-state index in [4.69, 9.17) is 4.74 Å². The fourth-order valence-corrected chi connectivity index (χ4v) is 5.85. The number of phenolic OH excluding ortho intramolecular Hbond substituents is 1. The predicted molar refractivity (Wildman–Crippen MR) is 136 cm³/mol. The highest BCUT2D eigenvalue weighted by atomic mass is 16.5. The maximum Gasteiger partial charge on any atom is 0.255 e. The molecule has 0 bridgehead atoms. The Labute approximate surface area is 206 Å². The number of phenols is 1. The molecule has 1 aliphatic carbocycles. The van der Waals surface area contributed by atoms with E-state index in [-0.39, 0.29) is 23.2 Å². The van der Waals surface area contributed by atoms with Gasteiger partial charge in [-0.25, -0.2) is 0 Å². The van der Waals surface area contributed by atoms with E-state index in [0.29, 0.717) is 12.2 Å². The van der Waals surface area contributed by atoms with Gasteiger partial charge in [0.25, 0.3) is 5.91 Å². The minimum absolute atomic E-state index is 0.0674. The highest BCUT2D eigenvalue weighted by molar-refractivity contribution is 5.96. The van der Waals surface area contributed by atoms with E-state index < -0.39 is 0 Å². The summed E-state index contributed by atoms with van der Waals surface area (Å²) in [6, 6.07) is 23.2. The number of benzene rings is 3. The van der Waals surface area contributed by atoms with E-state index in [2.05, 4.69) is 21.9 Å². The summed E-state index contributed by atoms with van der Waals surface area (Å²) in [6.45, 7) is 3.99. The zero-order valence-electron chi connectivity index (χ0n) is 20.0. The minimum atomic E-state index is -0.201. The molecule has 1 unspecified atom stereocenters. The van der Waals surface area contributed by atoms with Crippen molar-refractivity contribution in [3.8, 4) is 11.5 Å². The van der Waals surface area contributed by atoms with Gasteiger partial charge >= 0.3 is 0 Å². The second kappa shape index (κ2) is 9.04. The van der Waals surface area contributed by atoms with Gasteiger partial charge in [0.2, 0.25) is 0 Å². The molecule has 5 nitrogen and oxygen atoms in total. The lowest BCUT2D eigenvalue weighted by Gasteiger charge is -2.44. The quantitative estimate of drug-likeness (QED) is 0.541. The fraction of sp³-hybridized carbons (Fsp3) is 0.367. The van der Waals surface area contributed by atoms with E-state index in [0.717, 1.165) is 48.2 Å². The van der Waals surface area contributed by atoms with Crippen molar-refractivity contribution in [2.24, 2.45) is 0 Å². The van der Waals surface area contributed by atoms with Crippen LogP contribution in [0.1, 0.15) is 58.8 Å². The summed E-state index contributed by atoms with van der Waals surface area (Å²) >= 11 is 0. The third-order valence-corrected chi connectivity index (χ3v) is 7.85. The summed E-state index contributed by atoms with van der Waals surface area (Å²) in [5.74, 6) is 1.21. The molecule has 1 spiro atoms. The second-order valence-corrected chi connectivity index (χ2v) is 10.2. The van der Waals surface area contributed by atoms with Crippen LogP contribution in [0.15, 0.2) is 72.8 Å². The molecular formula is C30H32N2O3. The van der Waals surface area contributed by atoms with Crippen molar-refractivity contribution in [3.05, 3.63) is 95.1 Å². The first-order valence-electron chi connectivity index (χ1n) is 12.8. The average Bonchev–Trinajstić information content (AvgIpc) is 3.43. The van der Waals surface area contributed by atoms with Crippen LogP contribution in [0.5, 0.6) is 11.5 Å². The van der Waals surface area contributed by atoms with Gasteiger partial charge in [-0.2, -0.15) is 0 Å². The number of hydrogen-bond acceptors (Lipinski definition) is 4. The Hall–Kier alpha value is -3.31. The summed E-state index contributed by atoms with van der Waals surface area (Å²) in [6.07, 6.45) is 5.32. The molecule has 1 atom stereocenters. The fourth-order valence-electron chi connectivity index (χ4n) is 5.85. The van der Waals surface area contributed by atoms with Crippen LogP contribution in [0.4, 0.5) is 0 Å². The molecule has 6 rings (SSSR count). The molecule has 1 saturated carbocycles. The van der Waals surface area contributed by atoms with Crippen LogP contribution in [0.25, 0.3) is 0 Å².